The lowest BCUT2D eigenvalue weighted by Crippen LogP contribution is -2.18. The van der Waals surface area contributed by atoms with Crippen LogP contribution in [0.2, 0.25) is 5.02 Å². The van der Waals surface area contributed by atoms with Crippen molar-refractivity contribution in [3.05, 3.63) is 62.0 Å². The van der Waals surface area contributed by atoms with Gasteiger partial charge in [0.2, 0.25) is 0 Å². The summed E-state index contributed by atoms with van der Waals surface area (Å²) in [7, 11) is 0. The maximum Gasteiger partial charge on any atom is 0.0593 e. The van der Waals surface area contributed by atoms with Crippen molar-refractivity contribution in [2.45, 2.75) is 19.4 Å². The molecule has 0 aliphatic carbocycles. The normalized spacial score (nSPS) is 12.2. The fraction of sp³-hybridized carbons (Fsp3) is 0.200. The average Bonchev–Trinajstić information content (AvgIpc) is 2.38. The van der Waals surface area contributed by atoms with Crippen LogP contribution in [0.4, 0.5) is 5.69 Å². The minimum atomic E-state index is 0.330. The molecular weight excluding hydrogens is 389 g/mol. The lowest BCUT2D eigenvalue weighted by molar-refractivity contribution is 0.789. The Morgan fingerprint density at radius 3 is 2.47 bits per heavy atom. The summed E-state index contributed by atoms with van der Waals surface area (Å²) in [6.07, 6.45) is 0.965. The van der Waals surface area contributed by atoms with Gasteiger partial charge in [-0.3, -0.25) is 0 Å². The van der Waals surface area contributed by atoms with Crippen LogP contribution in [-0.4, -0.2) is 6.04 Å². The Bertz CT molecular complexity index is 555. The highest BCUT2D eigenvalue weighted by Crippen LogP contribution is 2.30. The van der Waals surface area contributed by atoms with Crippen molar-refractivity contribution < 1.29 is 0 Å². The molecule has 0 bridgehead atoms. The molecule has 1 atom stereocenters. The van der Waals surface area contributed by atoms with Gasteiger partial charge in [-0.2, -0.15) is 0 Å². The Balaban J connectivity index is 2.03. The molecule has 0 saturated carbocycles. The minimum Gasteiger partial charge on any atom is -0.381 e. The molecule has 2 aromatic carbocycles. The highest BCUT2D eigenvalue weighted by molar-refractivity contribution is 9.11. The first-order valence-electron chi connectivity index (χ1n) is 6.01. The van der Waals surface area contributed by atoms with E-state index in [9.17, 15) is 0 Å². The van der Waals surface area contributed by atoms with Gasteiger partial charge >= 0.3 is 0 Å². The van der Waals surface area contributed by atoms with Crippen LogP contribution in [0, 0.1) is 0 Å². The summed E-state index contributed by atoms with van der Waals surface area (Å²) in [4.78, 5) is 0. The van der Waals surface area contributed by atoms with Crippen LogP contribution in [0.25, 0.3) is 0 Å². The Hall–Kier alpha value is -0.510. The molecule has 0 saturated heterocycles. The quantitative estimate of drug-likeness (QED) is 0.669. The summed E-state index contributed by atoms with van der Waals surface area (Å²) in [6, 6.07) is 14.6. The number of anilines is 1. The smallest absolute Gasteiger partial charge is 0.0593 e. The summed E-state index contributed by atoms with van der Waals surface area (Å²) >= 11 is 13.0. The van der Waals surface area contributed by atoms with E-state index in [1.54, 1.807) is 0 Å². The van der Waals surface area contributed by atoms with Gasteiger partial charge in [0.1, 0.15) is 0 Å². The van der Waals surface area contributed by atoms with Crippen molar-refractivity contribution in [2.24, 2.45) is 0 Å². The Morgan fingerprint density at radius 2 is 1.79 bits per heavy atom. The molecule has 0 spiro atoms. The predicted molar refractivity (Wildman–Crippen MR) is 90.1 cm³/mol. The first kappa shape index (κ1) is 14.9. The standard InChI is InChI=1S/C15H14Br2ClN/c1-10(9-11-5-7-12(16)8-6-11)19-14-4-2-3-13(18)15(14)17/h2-8,10,19H,9H2,1H3. The van der Waals surface area contributed by atoms with Crippen molar-refractivity contribution in [3.63, 3.8) is 0 Å². The molecule has 1 nitrogen and oxygen atoms in total. The molecule has 2 aromatic rings. The van der Waals surface area contributed by atoms with Gasteiger partial charge in [0.05, 0.1) is 15.2 Å². The highest BCUT2D eigenvalue weighted by atomic mass is 79.9. The zero-order chi connectivity index (χ0) is 13.8. The number of benzene rings is 2. The van der Waals surface area contributed by atoms with Crippen molar-refractivity contribution in [3.8, 4) is 0 Å². The number of halogens is 3. The van der Waals surface area contributed by atoms with Gasteiger partial charge in [-0.1, -0.05) is 45.7 Å². The minimum absolute atomic E-state index is 0.330. The molecule has 0 radical (unpaired) electrons. The lowest BCUT2D eigenvalue weighted by Gasteiger charge is -2.17. The highest BCUT2D eigenvalue weighted by Gasteiger charge is 2.08. The van der Waals surface area contributed by atoms with Crippen LogP contribution < -0.4 is 5.32 Å². The summed E-state index contributed by atoms with van der Waals surface area (Å²) in [6.45, 7) is 2.16. The number of hydrogen-bond donors (Lipinski definition) is 1. The zero-order valence-electron chi connectivity index (χ0n) is 10.5. The largest absolute Gasteiger partial charge is 0.381 e. The molecule has 0 aromatic heterocycles. The second-order valence-corrected chi connectivity index (χ2v) is 6.59. The maximum atomic E-state index is 6.08. The molecule has 1 unspecified atom stereocenters. The van der Waals surface area contributed by atoms with E-state index >= 15 is 0 Å². The van der Waals surface area contributed by atoms with Crippen LogP contribution in [0.5, 0.6) is 0 Å². The molecular formula is C15H14Br2ClN. The van der Waals surface area contributed by atoms with E-state index in [1.165, 1.54) is 5.56 Å². The van der Waals surface area contributed by atoms with Crippen LogP contribution in [0.1, 0.15) is 12.5 Å². The average molecular weight is 404 g/mol. The zero-order valence-corrected chi connectivity index (χ0v) is 14.4. The third-order valence-corrected chi connectivity index (χ3v) is 4.73. The summed E-state index contributed by atoms with van der Waals surface area (Å²) in [5, 5.41) is 4.19. The molecule has 0 heterocycles. The Labute approximate surface area is 135 Å². The Morgan fingerprint density at radius 1 is 1.11 bits per heavy atom. The van der Waals surface area contributed by atoms with Crippen molar-refractivity contribution >= 4 is 49.1 Å². The number of rotatable bonds is 4. The van der Waals surface area contributed by atoms with Gasteiger partial charge in [0.15, 0.2) is 0 Å². The summed E-state index contributed by atoms with van der Waals surface area (Å²) < 4.78 is 2.02. The predicted octanol–water partition coefficient (Wildman–Crippen LogP) is 5.91. The van der Waals surface area contributed by atoms with E-state index in [0.717, 1.165) is 26.1 Å². The van der Waals surface area contributed by atoms with E-state index in [1.807, 2.05) is 18.2 Å². The molecule has 2 rings (SSSR count). The number of nitrogens with one attached hydrogen (secondary N) is 1. The second kappa shape index (κ2) is 6.78. The van der Waals surface area contributed by atoms with E-state index in [-0.39, 0.29) is 0 Å². The SMILES string of the molecule is CC(Cc1ccc(Br)cc1)Nc1cccc(Cl)c1Br. The summed E-state index contributed by atoms with van der Waals surface area (Å²) in [5.41, 5.74) is 2.33. The van der Waals surface area contributed by atoms with Gasteiger partial charge < -0.3 is 5.32 Å². The number of hydrogen-bond acceptors (Lipinski definition) is 1. The van der Waals surface area contributed by atoms with Gasteiger partial charge in [0, 0.05) is 10.5 Å². The maximum absolute atomic E-state index is 6.08. The van der Waals surface area contributed by atoms with E-state index in [2.05, 4.69) is 68.4 Å². The van der Waals surface area contributed by atoms with Crippen LogP contribution in [0.3, 0.4) is 0 Å². The molecule has 0 fully saturated rings. The topological polar surface area (TPSA) is 12.0 Å². The van der Waals surface area contributed by atoms with E-state index in [4.69, 9.17) is 11.6 Å². The monoisotopic (exact) mass is 401 g/mol. The molecule has 100 valence electrons. The van der Waals surface area contributed by atoms with E-state index in [0.29, 0.717) is 6.04 Å². The second-order valence-electron chi connectivity index (χ2n) is 4.48. The van der Waals surface area contributed by atoms with Gasteiger partial charge in [-0.25, -0.2) is 0 Å². The van der Waals surface area contributed by atoms with Crippen LogP contribution >= 0.6 is 43.5 Å². The van der Waals surface area contributed by atoms with Crippen LogP contribution in [-0.2, 0) is 6.42 Å². The molecule has 19 heavy (non-hydrogen) atoms. The fourth-order valence-corrected chi connectivity index (χ4v) is 2.72. The first-order valence-corrected chi connectivity index (χ1v) is 7.97. The summed E-state index contributed by atoms with van der Waals surface area (Å²) in [5.74, 6) is 0. The third-order valence-electron chi connectivity index (χ3n) is 2.81. The van der Waals surface area contributed by atoms with E-state index < -0.39 is 0 Å². The molecule has 0 aliphatic rings. The van der Waals surface area contributed by atoms with Gasteiger partial charge in [0.25, 0.3) is 0 Å². The van der Waals surface area contributed by atoms with Crippen molar-refractivity contribution in [1.82, 2.24) is 0 Å². The van der Waals surface area contributed by atoms with Crippen LogP contribution in [0.15, 0.2) is 51.4 Å². The lowest BCUT2D eigenvalue weighted by atomic mass is 10.1. The van der Waals surface area contributed by atoms with Gasteiger partial charge in [-0.15, -0.1) is 0 Å². The van der Waals surface area contributed by atoms with Gasteiger partial charge in [-0.05, 0) is 59.1 Å². The van der Waals surface area contributed by atoms with Crippen molar-refractivity contribution in [2.75, 3.05) is 5.32 Å². The molecule has 4 heteroatoms. The Kier molecular flexibility index (Phi) is 5.31. The fourth-order valence-electron chi connectivity index (χ4n) is 1.91. The first-order chi connectivity index (χ1) is 9.06. The molecule has 1 N–H and O–H groups in total. The van der Waals surface area contributed by atoms with Crippen molar-refractivity contribution in [1.29, 1.82) is 0 Å². The molecule has 0 amide bonds. The molecule has 0 aliphatic heterocycles. The third kappa shape index (κ3) is 4.23.